The molecule has 8 nitrogen and oxygen atoms in total. The molecule has 2 rings (SSSR count). The van der Waals surface area contributed by atoms with Crippen molar-refractivity contribution in [2.75, 3.05) is 14.1 Å². The highest BCUT2D eigenvalue weighted by molar-refractivity contribution is 6.06. The highest BCUT2D eigenvalue weighted by Crippen LogP contribution is 2.52. The zero-order chi connectivity index (χ0) is 20.6. The Kier molecular flexibility index (Phi) is 4.04. The lowest BCUT2D eigenvalue weighted by molar-refractivity contribution is -0.156. The number of nitrogens with zero attached hydrogens (tertiary/aromatic N) is 4. The molecule has 0 spiro atoms. The van der Waals surface area contributed by atoms with Gasteiger partial charge in [0.25, 0.3) is 0 Å². The zero-order valence-corrected chi connectivity index (χ0v) is 17.4. The predicted octanol–water partition coefficient (Wildman–Crippen LogP) is 2.30. The van der Waals surface area contributed by atoms with Gasteiger partial charge in [-0.1, -0.05) is 41.5 Å². The van der Waals surface area contributed by atoms with Crippen molar-refractivity contribution in [1.82, 2.24) is 19.6 Å². The first-order chi connectivity index (χ1) is 11.4. The number of likely N-dealkylation sites (N-methyl/N-ethyl adjacent to an activating group) is 2. The maximum Gasteiger partial charge on any atom is 0.330 e. The van der Waals surface area contributed by atoms with Crippen LogP contribution < -0.4 is 0 Å². The first-order valence-corrected chi connectivity index (χ1v) is 8.70. The van der Waals surface area contributed by atoms with Crippen LogP contribution in [0, 0.1) is 10.8 Å². The summed E-state index contributed by atoms with van der Waals surface area (Å²) < 4.78 is 0. The number of urea groups is 2. The molecule has 0 bridgehead atoms. The standard InChI is InChI=1S/C18H30N4O4/c1-15(2,3)11(23)21-13(25)19(9)17(7)18(21,8)22(14(26)20(17)10)12(24)16(4,5)6/h1-10H3. The largest absolute Gasteiger partial charge is 0.330 e. The molecule has 2 aliphatic rings. The number of amides is 6. The van der Waals surface area contributed by atoms with E-state index in [1.54, 1.807) is 69.5 Å². The van der Waals surface area contributed by atoms with Crippen molar-refractivity contribution in [2.45, 2.75) is 66.7 Å². The van der Waals surface area contributed by atoms with Gasteiger partial charge in [0.1, 0.15) is 0 Å². The molecular formula is C18H30N4O4. The van der Waals surface area contributed by atoms with Crippen LogP contribution in [-0.2, 0) is 9.59 Å². The molecule has 6 amide bonds. The minimum atomic E-state index is -1.46. The van der Waals surface area contributed by atoms with E-state index in [1.165, 1.54) is 9.80 Å². The Hall–Kier alpha value is -2.12. The van der Waals surface area contributed by atoms with Crippen LogP contribution in [0.1, 0.15) is 55.4 Å². The highest BCUT2D eigenvalue weighted by atomic mass is 16.2. The number of hydrogen-bond donors (Lipinski definition) is 0. The van der Waals surface area contributed by atoms with Gasteiger partial charge in [-0.2, -0.15) is 0 Å². The second-order valence-electron chi connectivity index (χ2n) is 9.51. The first-order valence-electron chi connectivity index (χ1n) is 8.70. The molecule has 2 fully saturated rings. The van der Waals surface area contributed by atoms with Crippen LogP contribution in [0.15, 0.2) is 0 Å². The molecule has 8 heteroatoms. The first kappa shape index (κ1) is 20.2. The molecular weight excluding hydrogens is 336 g/mol. The normalized spacial score (nSPS) is 29.6. The quantitative estimate of drug-likeness (QED) is 0.659. The summed E-state index contributed by atoms with van der Waals surface area (Å²) in [6.07, 6.45) is 0. The van der Waals surface area contributed by atoms with Crippen LogP contribution in [-0.4, -0.2) is 68.9 Å². The number of carbonyl (C=O) groups excluding carboxylic acids is 4. The molecule has 0 aromatic carbocycles. The molecule has 0 N–H and O–H groups in total. The Balaban J connectivity index is 2.79. The molecule has 0 unspecified atom stereocenters. The summed E-state index contributed by atoms with van der Waals surface area (Å²) in [5.41, 5.74) is -4.35. The second kappa shape index (κ2) is 5.20. The third kappa shape index (κ3) is 2.13. The average Bonchev–Trinajstić information content (AvgIpc) is 2.72. The summed E-state index contributed by atoms with van der Waals surface area (Å²) in [7, 11) is 3.09. The van der Waals surface area contributed by atoms with Crippen molar-refractivity contribution in [3.05, 3.63) is 0 Å². The van der Waals surface area contributed by atoms with Crippen LogP contribution in [0.25, 0.3) is 0 Å². The van der Waals surface area contributed by atoms with Gasteiger partial charge in [-0.15, -0.1) is 0 Å². The van der Waals surface area contributed by atoms with Crippen LogP contribution in [0.4, 0.5) is 9.59 Å². The summed E-state index contributed by atoms with van der Waals surface area (Å²) >= 11 is 0. The van der Waals surface area contributed by atoms with E-state index < -0.39 is 46.0 Å². The minimum Gasteiger partial charge on any atom is -0.300 e. The van der Waals surface area contributed by atoms with E-state index in [-0.39, 0.29) is 0 Å². The number of rotatable bonds is 0. The molecule has 0 radical (unpaired) electrons. The molecule has 146 valence electrons. The van der Waals surface area contributed by atoms with Gasteiger partial charge < -0.3 is 9.80 Å². The van der Waals surface area contributed by atoms with E-state index in [9.17, 15) is 19.2 Å². The predicted molar refractivity (Wildman–Crippen MR) is 95.7 cm³/mol. The van der Waals surface area contributed by atoms with Gasteiger partial charge in [0.2, 0.25) is 11.8 Å². The lowest BCUT2D eigenvalue weighted by atomic mass is 9.88. The molecule has 0 aliphatic carbocycles. The van der Waals surface area contributed by atoms with Crippen molar-refractivity contribution in [3.63, 3.8) is 0 Å². The fraction of sp³-hybridized carbons (Fsp3) is 0.778. The summed E-state index contributed by atoms with van der Waals surface area (Å²) in [4.78, 5) is 57.3. The van der Waals surface area contributed by atoms with Crippen molar-refractivity contribution in [3.8, 4) is 0 Å². The number of carbonyl (C=O) groups is 4. The summed E-state index contributed by atoms with van der Waals surface area (Å²) in [6.45, 7) is 13.6. The van der Waals surface area contributed by atoms with E-state index in [4.69, 9.17) is 0 Å². The van der Waals surface area contributed by atoms with E-state index in [1.807, 2.05) is 0 Å². The molecule has 2 aliphatic heterocycles. The van der Waals surface area contributed by atoms with E-state index in [2.05, 4.69) is 0 Å². The van der Waals surface area contributed by atoms with Crippen LogP contribution in [0.5, 0.6) is 0 Å². The fourth-order valence-corrected chi connectivity index (χ4v) is 3.67. The maximum absolute atomic E-state index is 13.2. The second-order valence-corrected chi connectivity index (χ2v) is 9.51. The van der Waals surface area contributed by atoms with E-state index in [0.717, 1.165) is 9.80 Å². The van der Waals surface area contributed by atoms with Crippen LogP contribution in [0.2, 0.25) is 0 Å². The van der Waals surface area contributed by atoms with Crippen molar-refractivity contribution >= 4 is 23.9 Å². The molecule has 0 saturated carbocycles. The number of hydrogen-bond acceptors (Lipinski definition) is 4. The number of imide groups is 2. The number of fused-ring (bicyclic) bond motifs is 1. The van der Waals surface area contributed by atoms with E-state index >= 15 is 0 Å². The molecule has 0 aromatic heterocycles. The Labute approximate surface area is 155 Å². The van der Waals surface area contributed by atoms with Gasteiger partial charge in [-0.25, -0.2) is 19.4 Å². The molecule has 0 aromatic rings. The SMILES string of the molecule is CN1C(=O)N(C(=O)C(C)(C)C)C2(C)N(C(=O)C(C)(C)C)C(=O)N(C)C12C. The van der Waals surface area contributed by atoms with Gasteiger partial charge in [-0.3, -0.25) is 9.59 Å². The van der Waals surface area contributed by atoms with Gasteiger partial charge in [0, 0.05) is 24.9 Å². The van der Waals surface area contributed by atoms with E-state index in [0.29, 0.717) is 0 Å². The monoisotopic (exact) mass is 366 g/mol. The third-order valence-corrected chi connectivity index (χ3v) is 5.72. The minimum absolute atomic E-state index is 0.435. The lowest BCUT2D eigenvalue weighted by Gasteiger charge is -2.45. The lowest BCUT2D eigenvalue weighted by Crippen LogP contribution is -2.67. The molecule has 2 heterocycles. The smallest absolute Gasteiger partial charge is 0.300 e. The zero-order valence-electron chi connectivity index (χ0n) is 17.4. The highest BCUT2D eigenvalue weighted by Gasteiger charge is 2.76. The van der Waals surface area contributed by atoms with Crippen molar-refractivity contribution in [2.24, 2.45) is 10.8 Å². The Morgan fingerprint density at radius 3 is 1.19 bits per heavy atom. The summed E-state index contributed by atoms with van der Waals surface area (Å²) in [5, 5.41) is 0. The van der Waals surface area contributed by atoms with Gasteiger partial charge in [0.15, 0.2) is 11.3 Å². The third-order valence-electron chi connectivity index (χ3n) is 5.72. The van der Waals surface area contributed by atoms with Gasteiger partial charge in [-0.05, 0) is 13.8 Å². The Bertz CT molecular complexity index is 649. The fourth-order valence-electron chi connectivity index (χ4n) is 3.67. The Morgan fingerprint density at radius 1 is 0.692 bits per heavy atom. The topological polar surface area (TPSA) is 81.2 Å². The average molecular weight is 366 g/mol. The van der Waals surface area contributed by atoms with Crippen LogP contribution in [0.3, 0.4) is 0 Å². The maximum atomic E-state index is 13.2. The van der Waals surface area contributed by atoms with Crippen molar-refractivity contribution in [1.29, 1.82) is 0 Å². The van der Waals surface area contributed by atoms with Gasteiger partial charge in [0.05, 0.1) is 0 Å². The molecule has 26 heavy (non-hydrogen) atoms. The molecule has 0 atom stereocenters. The summed E-state index contributed by atoms with van der Waals surface area (Å²) in [6, 6.07) is -1.05. The molecule has 2 saturated heterocycles. The van der Waals surface area contributed by atoms with Crippen molar-refractivity contribution < 1.29 is 19.2 Å². The van der Waals surface area contributed by atoms with Gasteiger partial charge >= 0.3 is 12.1 Å². The summed E-state index contributed by atoms with van der Waals surface area (Å²) in [5.74, 6) is -0.870. The Morgan fingerprint density at radius 2 is 0.962 bits per heavy atom. The van der Waals surface area contributed by atoms with Crippen LogP contribution >= 0.6 is 0 Å².